The first-order valence-electron chi connectivity index (χ1n) is 6.71. The summed E-state index contributed by atoms with van der Waals surface area (Å²) < 4.78 is 7.29. The lowest BCUT2D eigenvalue weighted by atomic mass is 10.1. The highest BCUT2D eigenvalue weighted by atomic mass is 35.5. The van der Waals surface area contributed by atoms with Crippen molar-refractivity contribution in [1.29, 1.82) is 0 Å². The molecule has 1 aromatic rings. The number of hydrogen-bond acceptors (Lipinski definition) is 3. The maximum absolute atomic E-state index is 12.4. The number of likely N-dealkylation sites (tertiary alicyclic amines) is 1. The van der Waals surface area contributed by atoms with E-state index < -0.39 is 0 Å². The molecule has 2 heterocycles. The Morgan fingerprint density at radius 1 is 1.63 bits per heavy atom. The molecule has 0 N–H and O–H groups in total. The maximum atomic E-state index is 12.4. The molecule has 1 unspecified atom stereocenters. The zero-order valence-electron chi connectivity index (χ0n) is 11.4. The van der Waals surface area contributed by atoms with Gasteiger partial charge >= 0.3 is 0 Å². The van der Waals surface area contributed by atoms with Crippen LogP contribution in [0.15, 0.2) is 6.20 Å². The number of rotatable bonds is 4. The first kappa shape index (κ1) is 14.3. The van der Waals surface area contributed by atoms with Crippen molar-refractivity contribution < 1.29 is 9.53 Å². The topological polar surface area (TPSA) is 47.4 Å². The van der Waals surface area contributed by atoms with Gasteiger partial charge in [-0.2, -0.15) is 5.10 Å². The fourth-order valence-electron chi connectivity index (χ4n) is 2.30. The predicted molar refractivity (Wildman–Crippen MR) is 73.4 cm³/mol. The van der Waals surface area contributed by atoms with Gasteiger partial charge in [0.25, 0.3) is 5.91 Å². The van der Waals surface area contributed by atoms with Crippen LogP contribution in [0.1, 0.15) is 36.7 Å². The van der Waals surface area contributed by atoms with Gasteiger partial charge in [-0.1, -0.05) is 18.5 Å². The van der Waals surface area contributed by atoms with E-state index in [9.17, 15) is 4.79 Å². The van der Waals surface area contributed by atoms with Crippen LogP contribution in [0.5, 0.6) is 0 Å². The Morgan fingerprint density at radius 2 is 2.42 bits per heavy atom. The van der Waals surface area contributed by atoms with Gasteiger partial charge in [-0.3, -0.25) is 9.48 Å². The molecule has 1 aromatic heterocycles. The van der Waals surface area contributed by atoms with E-state index in [0.717, 1.165) is 32.4 Å². The van der Waals surface area contributed by atoms with Crippen molar-refractivity contribution in [2.75, 3.05) is 19.7 Å². The van der Waals surface area contributed by atoms with Crippen molar-refractivity contribution in [3.63, 3.8) is 0 Å². The van der Waals surface area contributed by atoms with Crippen LogP contribution in [-0.2, 0) is 11.8 Å². The summed E-state index contributed by atoms with van der Waals surface area (Å²) in [5.41, 5.74) is 0.334. The molecule has 1 atom stereocenters. The van der Waals surface area contributed by atoms with Gasteiger partial charge < -0.3 is 9.64 Å². The molecule has 0 spiro atoms. The highest BCUT2D eigenvalue weighted by Crippen LogP contribution is 2.19. The lowest BCUT2D eigenvalue weighted by molar-refractivity contribution is 0.00191. The molecule has 2 rings (SSSR count). The van der Waals surface area contributed by atoms with Crippen LogP contribution in [0.3, 0.4) is 0 Å². The second kappa shape index (κ2) is 6.39. The zero-order chi connectivity index (χ0) is 13.8. The molecule has 0 aliphatic carbocycles. The molecule has 1 saturated heterocycles. The Labute approximate surface area is 118 Å². The summed E-state index contributed by atoms with van der Waals surface area (Å²) in [6.07, 6.45) is 4.75. The molecule has 6 heteroatoms. The van der Waals surface area contributed by atoms with Crippen LogP contribution in [0.25, 0.3) is 0 Å². The molecule has 106 valence electrons. The van der Waals surface area contributed by atoms with E-state index in [0.29, 0.717) is 17.3 Å². The number of nitrogens with zero attached hydrogens (tertiary/aromatic N) is 3. The normalized spacial score (nSPS) is 19.7. The average Bonchev–Trinajstić information content (AvgIpc) is 2.75. The second-order valence-electron chi connectivity index (χ2n) is 4.89. The fraction of sp³-hybridized carbons (Fsp3) is 0.692. The number of aryl methyl sites for hydroxylation is 1. The Hall–Kier alpha value is -1.07. The number of carbonyl (C=O) groups is 1. The number of halogens is 1. The number of carbonyl (C=O) groups excluding carboxylic acids is 1. The predicted octanol–water partition coefficient (Wildman–Crippen LogP) is 2.10. The summed E-state index contributed by atoms with van der Waals surface area (Å²) in [6, 6.07) is 0. The molecule has 1 amide bonds. The highest BCUT2D eigenvalue weighted by molar-refractivity contribution is 6.33. The van der Waals surface area contributed by atoms with Crippen molar-refractivity contribution in [2.45, 2.75) is 32.3 Å². The SMILES string of the molecule is CCCOC1CCCN(C(=O)c2nn(C)cc2Cl)C1. The van der Waals surface area contributed by atoms with Gasteiger partial charge in [0, 0.05) is 32.9 Å². The van der Waals surface area contributed by atoms with Crippen LogP contribution < -0.4 is 0 Å². The molecule has 0 aromatic carbocycles. The van der Waals surface area contributed by atoms with Gasteiger partial charge in [0.1, 0.15) is 0 Å². The van der Waals surface area contributed by atoms with Crippen LogP contribution in [-0.4, -0.2) is 46.4 Å². The molecule has 0 bridgehead atoms. The number of amides is 1. The fourth-order valence-corrected chi connectivity index (χ4v) is 2.56. The zero-order valence-corrected chi connectivity index (χ0v) is 12.2. The minimum atomic E-state index is -0.101. The van der Waals surface area contributed by atoms with Gasteiger partial charge in [-0.15, -0.1) is 0 Å². The maximum Gasteiger partial charge on any atom is 0.276 e. The number of piperidine rings is 1. The number of hydrogen-bond donors (Lipinski definition) is 0. The second-order valence-corrected chi connectivity index (χ2v) is 5.29. The first-order chi connectivity index (χ1) is 9.11. The van der Waals surface area contributed by atoms with Crippen molar-refractivity contribution >= 4 is 17.5 Å². The van der Waals surface area contributed by atoms with Crippen molar-refractivity contribution in [1.82, 2.24) is 14.7 Å². The summed E-state index contributed by atoms with van der Waals surface area (Å²) in [5.74, 6) is -0.101. The van der Waals surface area contributed by atoms with Gasteiger partial charge in [0.2, 0.25) is 0 Å². The molecule has 0 saturated carbocycles. The lowest BCUT2D eigenvalue weighted by Gasteiger charge is -2.32. The van der Waals surface area contributed by atoms with Crippen molar-refractivity contribution in [3.05, 3.63) is 16.9 Å². The quantitative estimate of drug-likeness (QED) is 0.851. The Bertz CT molecular complexity index is 447. The van der Waals surface area contributed by atoms with E-state index in [1.807, 2.05) is 0 Å². The molecule has 5 nitrogen and oxygen atoms in total. The Kier molecular flexibility index (Phi) is 4.82. The molecular formula is C13H20ClN3O2. The van der Waals surface area contributed by atoms with E-state index in [4.69, 9.17) is 16.3 Å². The van der Waals surface area contributed by atoms with Gasteiger partial charge in [0.05, 0.1) is 11.1 Å². The third kappa shape index (κ3) is 3.48. The van der Waals surface area contributed by atoms with Crippen molar-refractivity contribution in [3.8, 4) is 0 Å². The van der Waals surface area contributed by atoms with E-state index in [1.165, 1.54) is 0 Å². The molecular weight excluding hydrogens is 266 g/mol. The third-order valence-electron chi connectivity index (χ3n) is 3.21. The monoisotopic (exact) mass is 285 g/mol. The van der Waals surface area contributed by atoms with E-state index in [2.05, 4.69) is 12.0 Å². The summed E-state index contributed by atoms with van der Waals surface area (Å²) in [6.45, 7) is 4.21. The molecule has 1 aliphatic heterocycles. The van der Waals surface area contributed by atoms with Crippen LogP contribution in [0.2, 0.25) is 5.02 Å². The van der Waals surface area contributed by atoms with Crippen LogP contribution >= 0.6 is 11.6 Å². The lowest BCUT2D eigenvalue weighted by Crippen LogP contribution is -2.43. The van der Waals surface area contributed by atoms with E-state index >= 15 is 0 Å². The average molecular weight is 286 g/mol. The summed E-state index contributed by atoms with van der Waals surface area (Å²) >= 11 is 6.02. The summed E-state index contributed by atoms with van der Waals surface area (Å²) in [4.78, 5) is 14.2. The minimum absolute atomic E-state index is 0.101. The van der Waals surface area contributed by atoms with E-state index in [1.54, 1.807) is 22.8 Å². The summed E-state index contributed by atoms with van der Waals surface area (Å²) in [7, 11) is 1.76. The highest BCUT2D eigenvalue weighted by Gasteiger charge is 2.27. The molecule has 1 fully saturated rings. The van der Waals surface area contributed by atoms with Gasteiger partial charge in [0.15, 0.2) is 5.69 Å². The summed E-state index contributed by atoms with van der Waals surface area (Å²) in [5, 5.41) is 4.53. The van der Waals surface area contributed by atoms with Crippen LogP contribution in [0, 0.1) is 0 Å². The number of aromatic nitrogens is 2. The molecule has 19 heavy (non-hydrogen) atoms. The molecule has 0 radical (unpaired) electrons. The number of ether oxygens (including phenoxy) is 1. The van der Waals surface area contributed by atoms with Crippen molar-refractivity contribution in [2.24, 2.45) is 7.05 Å². The van der Waals surface area contributed by atoms with Gasteiger partial charge in [-0.25, -0.2) is 0 Å². The van der Waals surface area contributed by atoms with Gasteiger partial charge in [-0.05, 0) is 19.3 Å². The van der Waals surface area contributed by atoms with E-state index in [-0.39, 0.29) is 12.0 Å². The third-order valence-corrected chi connectivity index (χ3v) is 3.49. The smallest absolute Gasteiger partial charge is 0.276 e. The minimum Gasteiger partial charge on any atom is -0.376 e. The standard InChI is InChI=1S/C13H20ClN3O2/c1-3-7-19-10-5-4-6-17(8-10)13(18)12-11(14)9-16(2)15-12/h9-10H,3-8H2,1-2H3. The Balaban J connectivity index is 2.01. The van der Waals surface area contributed by atoms with Crippen LogP contribution in [0.4, 0.5) is 0 Å². The largest absolute Gasteiger partial charge is 0.376 e. The Morgan fingerprint density at radius 3 is 3.05 bits per heavy atom. The molecule has 1 aliphatic rings. The first-order valence-corrected chi connectivity index (χ1v) is 7.09.